The van der Waals surface area contributed by atoms with Gasteiger partial charge in [0.2, 0.25) is 5.95 Å². The summed E-state index contributed by atoms with van der Waals surface area (Å²) < 4.78 is 5.05. The van der Waals surface area contributed by atoms with Gasteiger partial charge in [-0.3, -0.25) is 0 Å². The van der Waals surface area contributed by atoms with Crippen molar-refractivity contribution in [1.29, 1.82) is 0 Å². The fraction of sp³-hybridized carbons (Fsp3) is 0.429. The average molecular weight is 260 g/mol. The summed E-state index contributed by atoms with van der Waals surface area (Å²) in [6.45, 7) is 2.81. The molecule has 0 aliphatic carbocycles. The van der Waals surface area contributed by atoms with E-state index in [1.54, 1.807) is 12.5 Å². The molecule has 102 valence electrons. The van der Waals surface area contributed by atoms with Gasteiger partial charge in [-0.05, 0) is 24.5 Å². The van der Waals surface area contributed by atoms with Crippen LogP contribution in [0.2, 0.25) is 0 Å². The largest absolute Gasteiger partial charge is 0.472 e. The lowest BCUT2D eigenvalue weighted by molar-refractivity contribution is 0.563. The van der Waals surface area contributed by atoms with Crippen LogP contribution in [0.3, 0.4) is 0 Å². The van der Waals surface area contributed by atoms with E-state index in [9.17, 15) is 0 Å². The van der Waals surface area contributed by atoms with Gasteiger partial charge in [-0.1, -0.05) is 6.92 Å². The van der Waals surface area contributed by atoms with E-state index in [1.165, 1.54) is 0 Å². The Bertz CT molecular complexity index is 481. The van der Waals surface area contributed by atoms with E-state index in [0.717, 1.165) is 30.5 Å². The average Bonchev–Trinajstić information content (AvgIpc) is 2.92. The molecule has 0 aromatic carbocycles. The summed E-state index contributed by atoms with van der Waals surface area (Å²) >= 11 is 0. The summed E-state index contributed by atoms with van der Waals surface area (Å²) in [5, 5.41) is 0. The summed E-state index contributed by atoms with van der Waals surface area (Å²) in [6.07, 6.45) is 8.88. The molecule has 0 bridgehead atoms. The van der Waals surface area contributed by atoms with Gasteiger partial charge in [0.1, 0.15) is 0 Å². The summed E-state index contributed by atoms with van der Waals surface area (Å²) in [6, 6.07) is 2.11. The number of hydrogen-bond donors (Lipinski definition) is 1. The van der Waals surface area contributed by atoms with E-state index in [4.69, 9.17) is 10.2 Å². The predicted molar refractivity (Wildman–Crippen MR) is 74.8 cm³/mol. The third kappa shape index (κ3) is 3.79. The highest BCUT2D eigenvalue weighted by atomic mass is 16.3. The van der Waals surface area contributed by atoms with Crippen LogP contribution < -0.4 is 10.6 Å². The molecular formula is C14H20N4O. The highest BCUT2D eigenvalue weighted by Gasteiger charge is 2.07. The number of nitrogens with zero attached hydrogens (tertiary/aromatic N) is 3. The molecule has 0 fully saturated rings. The zero-order chi connectivity index (χ0) is 13.7. The van der Waals surface area contributed by atoms with Crippen LogP contribution in [0.1, 0.15) is 24.5 Å². The zero-order valence-electron chi connectivity index (χ0n) is 11.4. The van der Waals surface area contributed by atoms with E-state index in [-0.39, 0.29) is 6.04 Å². The van der Waals surface area contributed by atoms with Crippen LogP contribution >= 0.6 is 0 Å². The smallest absolute Gasteiger partial charge is 0.225 e. The summed E-state index contributed by atoms with van der Waals surface area (Å²) in [5.41, 5.74) is 8.10. The lowest BCUT2D eigenvalue weighted by Gasteiger charge is -2.16. The van der Waals surface area contributed by atoms with Crippen LogP contribution in [-0.2, 0) is 13.0 Å². The first-order chi connectivity index (χ1) is 9.19. The van der Waals surface area contributed by atoms with Crippen molar-refractivity contribution in [2.45, 2.75) is 32.4 Å². The Labute approximate surface area is 113 Å². The number of aromatic nitrogens is 2. The van der Waals surface area contributed by atoms with E-state index in [2.05, 4.69) is 16.9 Å². The van der Waals surface area contributed by atoms with E-state index in [0.29, 0.717) is 5.95 Å². The molecule has 2 N–H and O–H groups in total. The molecule has 0 aliphatic rings. The Morgan fingerprint density at radius 1 is 1.32 bits per heavy atom. The summed E-state index contributed by atoms with van der Waals surface area (Å²) in [5.74, 6) is 0.704. The fourth-order valence-corrected chi connectivity index (χ4v) is 1.82. The van der Waals surface area contributed by atoms with Crippen molar-refractivity contribution in [3.8, 4) is 0 Å². The van der Waals surface area contributed by atoms with Gasteiger partial charge in [0.05, 0.1) is 12.5 Å². The van der Waals surface area contributed by atoms with Gasteiger partial charge in [-0.2, -0.15) is 0 Å². The second kappa shape index (κ2) is 6.33. The van der Waals surface area contributed by atoms with Crippen molar-refractivity contribution in [3.05, 3.63) is 42.1 Å². The first kappa shape index (κ1) is 13.5. The molecule has 2 aromatic heterocycles. The van der Waals surface area contributed by atoms with Crippen molar-refractivity contribution >= 4 is 5.95 Å². The molecule has 0 amide bonds. The van der Waals surface area contributed by atoms with E-state index < -0.39 is 0 Å². The molecule has 5 nitrogen and oxygen atoms in total. The molecule has 1 atom stereocenters. The highest BCUT2D eigenvalue weighted by Crippen LogP contribution is 2.11. The SMILES string of the molecule is CCC(N)Cc1cnc(N(C)Cc2ccoc2)nc1. The number of hydrogen-bond acceptors (Lipinski definition) is 5. The first-order valence-corrected chi connectivity index (χ1v) is 6.47. The van der Waals surface area contributed by atoms with Crippen LogP contribution in [0.4, 0.5) is 5.95 Å². The normalized spacial score (nSPS) is 12.4. The minimum absolute atomic E-state index is 0.179. The van der Waals surface area contributed by atoms with Crippen LogP contribution in [0.15, 0.2) is 35.4 Å². The molecular weight excluding hydrogens is 240 g/mol. The van der Waals surface area contributed by atoms with Gasteiger partial charge >= 0.3 is 0 Å². The quantitative estimate of drug-likeness (QED) is 0.860. The number of rotatable bonds is 6. The minimum Gasteiger partial charge on any atom is -0.472 e. The van der Waals surface area contributed by atoms with Crippen molar-refractivity contribution in [2.75, 3.05) is 11.9 Å². The third-order valence-corrected chi connectivity index (χ3v) is 3.06. The Balaban J connectivity index is 1.97. The number of anilines is 1. The molecule has 2 aromatic rings. The van der Waals surface area contributed by atoms with Crippen LogP contribution in [-0.4, -0.2) is 23.1 Å². The van der Waals surface area contributed by atoms with Crippen molar-refractivity contribution < 1.29 is 4.42 Å². The first-order valence-electron chi connectivity index (χ1n) is 6.47. The Morgan fingerprint density at radius 2 is 2.05 bits per heavy atom. The standard InChI is InChI=1S/C14H20N4O/c1-3-13(15)6-12-7-16-14(17-8-12)18(2)9-11-4-5-19-10-11/h4-5,7-8,10,13H,3,6,9,15H2,1-2H3. The lowest BCUT2D eigenvalue weighted by atomic mass is 10.1. The second-order valence-electron chi connectivity index (χ2n) is 4.75. The number of nitrogens with two attached hydrogens (primary N) is 1. The summed E-state index contributed by atoms with van der Waals surface area (Å²) in [4.78, 5) is 10.7. The topological polar surface area (TPSA) is 68.2 Å². The Hall–Kier alpha value is -1.88. The molecule has 2 heterocycles. The number of furan rings is 1. The van der Waals surface area contributed by atoms with E-state index in [1.807, 2.05) is 30.4 Å². The van der Waals surface area contributed by atoms with E-state index >= 15 is 0 Å². The Morgan fingerprint density at radius 3 is 2.63 bits per heavy atom. The van der Waals surface area contributed by atoms with Gasteiger partial charge in [0.15, 0.2) is 0 Å². The Kier molecular flexibility index (Phi) is 4.52. The third-order valence-electron chi connectivity index (χ3n) is 3.06. The molecule has 0 radical (unpaired) electrons. The summed E-state index contributed by atoms with van der Waals surface area (Å²) in [7, 11) is 1.96. The van der Waals surface area contributed by atoms with Gasteiger partial charge in [-0.25, -0.2) is 9.97 Å². The van der Waals surface area contributed by atoms with Crippen LogP contribution in [0.5, 0.6) is 0 Å². The molecule has 2 rings (SSSR count). The second-order valence-corrected chi connectivity index (χ2v) is 4.75. The van der Waals surface area contributed by atoms with Gasteiger partial charge in [0.25, 0.3) is 0 Å². The molecule has 0 spiro atoms. The lowest BCUT2D eigenvalue weighted by Crippen LogP contribution is -2.22. The fourth-order valence-electron chi connectivity index (χ4n) is 1.82. The maximum Gasteiger partial charge on any atom is 0.225 e. The van der Waals surface area contributed by atoms with Gasteiger partial charge in [0, 0.05) is 37.6 Å². The maximum atomic E-state index is 5.92. The molecule has 0 saturated heterocycles. The molecule has 0 aliphatic heterocycles. The zero-order valence-corrected chi connectivity index (χ0v) is 11.4. The van der Waals surface area contributed by atoms with Crippen molar-refractivity contribution in [1.82, 2.24) is 9.97 Å². The van der Waals surface area contributed by atoms with Crippen LogP contribution in [0.25, 0.3) is 0 Å². The predicted octanol–water partition coefficient (Wildman–Crippen LogP) is 1.99. The maximum absolute atomic E-state index is 5.92. The molecule has 5 heteroatoms. The molecule has 1 unspecified atom stereocenters. The monoisotopic (exact) mass is 260 g/mol. The molecule has 19 heavy (non-hydrogen) atoms. The minimum atomic E-state index is 0.179. The van der Waals surface area contributed by atoms with Gasteiger partial charge in [-0.15, -0.1) is 0 Å². The van der Waals surface area contributed by atoms with Crippen molar-refractivity contribution in [2.24, 2.45) is 5.73 Å². The van der Waals surface area contributed by atoms with Gasteiger partial charge < -0.3 is 15.1 Å². The van der Waals surface area contributed by atoms with Crippen LogP contribution in [0, 0.1) is 0 Å². The van der Waals surface area contributed by atoms with Crippen molar-refractivity contribution in [3.63, 3.8) is 0 Å². The highest BCUT2D eigenvalue weighted by molar-refractivity contribution is 5.30. The molecule has 0 saturated carbocycles.